The number of aliphatic hydroxyl groups is 1. The number of ether oxygens (including phenoxy) is 1. The summed E-state index contributed by atoms with van der Waals surface area (Å²) in [7, 11) is 0. The summed E-state index contributed by atoms with van der Waals surface area (Å²) in [5.41, 5.74) is 4.20. The van der Waals surface area contributed by atoms with Crippen molar-refractivity contribution in [3.05, 3.63) is 83.5 Å². The van der Waals surface area contributed by atoms with E-state index in [4.69, 9.17) is 14.0 Å². The van der Waals surface area contributed by atoms with E-state index in [-0.39, 0.29) is 17.8 Å². The van der Waals surface area contributed by atoms with Gasteiger partial charge in [0.25, 0.3) is 5.72 Å². The summed E-state index contributed by atoms with van der Waals surface area (Å²) in [5.74, 6) is 0.284. The maximum absolute atomic E-state index is 13.7. The highest BCUT2D eigenvalue weighted by molar-refractivity contribution is 6.05. The Morgan fingerprint density at radius 1 is 1.14 bits per heavy atom. The van der Waals surface area contributed by atoms with Crippen LogP contribution in [0.5, 0.6) is 0 Å². The number of halogens is 1. The lowest BCUT2D eigenvalue weighted by Crippen LogP contribution is -2.61. The fourth-order valence-electron chi connectivity index (χ4n) is 5.54. The van der Waals surface area contributed by atoms with Gasteiger partial charge in [0.1, 0.15) is 17.9 Å². The lowest BCUT2D eigenvalue weighted by Gasteiger charge is -2.51. The number of aliphatic hydroxyl groups excluding tert-OH is 1. The van der Waals surface area contributed by atoms with Gasteiger partial charge in [0.05, 0.1) is 30.9 Å². The van der Waals surface area contributed by atoms with Gasteiger partial charge in [-0.3, -0.25) is 0 Å². The summed E-state index contributed by atoms with van der Waals surface area (Å²) in [6.45, 7) is 3.38. The summed E-state index contributed by atoms with van der Waals surface area (Å²) >= 11 is 0. The maximum atomic E-state index is 13.7. The van der Waals surface area contributed by atoms with Crippen LogP contribution in [0.2, 0.25) is 0 Å². The first-order valence-electron chi connectivity index (χ1n) is 12.1. The monoisotopic (exact) mass is 501 g/mol. The van der Waals surface area contributed by atoms with Crippen LogP contribution >= 0.6 is 0 Å². The topological polar surface area (TPSA) is 98.1 Å². The Morgan fingerprint density at radius 3 is 2.68 bits per heavy atom. The van der Waals surface area contributed by atoms with Crippen LogP contribution in [-0.2, 0) is 15.3 Å². The van der Waals surface area contributed by atoms with E-state index in [1.54, 1.807) is 18.5 Å². The predicted molar refractivity (Wildman–Crippen MR) is 132 cm³/mol. The molecule has 2 saturated heterocycles. The van der Waals surface area contributed by atoms with Crippen LogP contribution in [0, 0.1) is 18.2 Å². The quantitative estimate of drug-likeness (QED) is 0.455. The summed E-state index contributed by atoms with van der Waals surface area (Å²) in [4.78, 5) is 16.8. The zero-order chi connectivity index (χ0) is 25.2. The van der Waals surface area contributed by atoms with Gasteiger partial charge in [0, 0.05) is 29.3 Å². The second-order valence-electron chi connectivity index (χ2n) is 10.0. The number of amidine groups is 1. The zero-order valence-electron chi connectivity index (χ0n) is 20.1. The number of aromatic nitrogens is 3. The van der Waals surface area contributed by atoms with Crippen molar-refractivity contribution in [2.45, 2.75) is 19.1 Å². The van der Waals surface area contributed by atoms with Crippen molar-refractivity contribution in [3.63, 3.8) is 0 Å². The number of rotatable bonds is 4. The second kappa shape index (κ2) is 7.99. The van der Waals surface area contributed by atoms with Gasteiger partial charge >= 0.3 is 0 Å². The van der Waals surface area contributed by atoms with Gasteiger partial charge < -0.3 is 28.6 Å². The van der Waals surface area contributed by atoms with Crippen molar-refractivity contribution in [1.29, 1.82) is 0 Å². The number of hydrogen-bond donors (Lipinski definition) is 1. The first-order chi connectivity index (χ1) is 18.0. The van der Waals surface area contributed by atoms with Gasteiger partial charge in [-0.1, -0.05) is 11.2 Å². The number of oxime groups is 1. The van der Waals surface area contributed by atoms with E-state index in [0.29, 0.717) is 36.7 Å². The fraction of sp³-hybridized carbons (Fsp3) is 0.296. The lowest BCUT2D eigenvalue weighted by molar-refractivity contribution is -0.178. The van der Waals surface area contributed by atoms with Crippen molar-refractivity contribution in [2.75, 3.05) is 26.4 Å². The molecule has 2 aromatic carbocycles. The summed E-state index contributed by atoms with van der Waals surface area (Å²) in [5, 5.41) is 15.0. The Kier molecular flexibility index (Phi) is 4.79. The molecule has 2 aromatic heterocycles. The van der Waals surface area contributed by atoms with Crippen molar-refractivity contribution in [2.24, 2.45) is 10.6 Å². The van der Waals surface area contributed by atoms with E-state index >= 15 is 0 Å². The first-order valence-corrected chi connectivity index (χ1v) is 12.1. The lowest BCUT2D eigenvalue weighted by atomic mass is 9.74. The van der Waals surface area contributed by atoms with Crippen molar-refractivity contribution in [3.8, 4) is 5.69 Å². The minimum atomic E-state index is -1.24. The Hall–Kier alpha value is -4.02. The number of nitrogens with zero attached hydrogens (tertiary/aromatic N) is 5. The molecule has 4 aromatic rings. The minimum absolute atomic E-state index is 0.143. The van der Waals surface area contributed by atoms with E-state index in [1.807, 2.05) is 34.7 Å². The SMILES string of the molecule is Cc1cn(-c2ccc(C=C3CC4(COC4)CN4C3=NOC4(CO)c3ccc(F)cc3)c3ncoc23)cn1. The van der Waals surface area contributed by atoms with Crippen LogP contribution in [0.15, 0.2) is 70.5 Å². The smallest absolute Gasteiger partial charge is 0.260 e. The third-order valence-electron chi connectivity index (χ3n) is 7.46. The molecular formula is C27H24FN5O4. The number of imidazole rings is 1. The number of piperidine rings is 1. The molecule has 0 amide bonds. The van der Waals surface area contributed by atoms with E-state index < -0.39 is 5.72 Å². The first kappa shape index (κ1) is 22.2. The zero-order valence-corrected chi connectivity index (χ0v) is 20.1. The molecule has 0 radical (unpaired) electrons. The Bertz CT molecular complexity index is 1570. The molecule has 188 valence electrons. The molecule has 7 rings (SSSR count). The van der Waals surface area contributed by atoms with Crippen molar-refractivity contribution in [1.82, 2.24) is 19.4 Å². The number of oxazole rings is 1. The molecule has 1 spiro atoms. The van der Waals surface area contributed by atoms with Gasteiger partial charge in [-0.15, -0.1) is 0 Å². The summed E-state index contributed by atoms with van der Waals surface area (Å²) in [6, 6.07) is 9.96. The molecule has 5 heterocycles. The third kappa shape index (κ3) is 3.32. The van der Waals surface area contributed by atoms with Gasteiger partial charge in [-0.05, 0) is 55.3 Å². The molecule has 1 atom stereocenters. The molecule has 0 saturated carbocycles. The number of hydrogen-bond acceptors (Lipinski definition) is 8. The second-order valence-corrected chi connectivity index (χ2v) is 10.0. The van der Waals surface area contributed by atoms with Crippen LogP contribution in [0.25, 0.3) is 22.9 Å². The molecular weight excluding hydrogens is 477 g/mol. The van der Waals surface area contributed by atoms with Crippen LogP contribution in [0.3, 0.4) is 0 Å². The van der Waals surface area contributed by atoms with Crippen LogP contribution in [0.4, 0.5) is 4.39 Å². The molecule has 0 bridgehead atoms. The Labute approximate surface area is 211 Å². The fourth-order valence-corrected chi connectivity index (χ4v) is 5.54. The summed E-state index contributed by atoms with van der Waals surface area (Å²) in [6.07, 6.45) is 7.91. The molecule has 3 aliphatic heterocycles. The van der Waals surface area contributed by atoms with Crippen LogP contribution in [0.1, 0.15) is 23.2 Å². The average Bonchev–Trinajstić information content (AvgIpc) is 3.63. The normalized spacial score (nSPS) is 23.3. The number of aryl methyl sites for hydroxylation is 1. The molecule has 9 nitrogen and oxygen atoms in total. The van der Waals surface area contributed by atoms with Crippen LogP contribution < -0.4 is 0 Å². The van der Waals surface area contributed by atoms with Crippen LogP contribution in [-0.4, -0.2) is 56.7 Å². The molecule has 37 heavy (non-hydrogen) atoms. The number of benzene rings is 2. The van der Waals surface area contributed by atoms with Crippen molar-refractivity contribution >= 4 is 23.0 Å². The van der Waals surface area contributed by atoms with E-state index in [1.165, 1.54) is 18.5 Å². The maximum Gasteiger partial charge on any atom is 0.260 e. The molecule has 10 heteroatoms. The van der Waals surface area contributed by atoms with E-state index in [0.717, 1.165) is 34.5 Å². The Balaban J connectivity index is 1.32. The molecule has 0 aliphatic carbocycles. The predicted octanol–water partition coefficient (Wildman–Crippen LogP) is 3.76. The molecule has 2 fully saturated rings. The van der Waals surface area contributed by atoms with E-state index in [2.05, 4.69) is 21.2 Å². The standard InChI is InChI=1S/C27H24FN5O4/c1-17-10-32(15-29-17)22-7-2-18(23-24(22)36-16-30-23)8-19-9-26(13-35-14-26)11-33-25(19)31-37-27(33,12-34)20-3-5-21(28)6-4-20/h2-8,10,15-16,34H,9,11-14H2,1H3. The minimum Gasteiger partial charge on any atom is -0.441 e. The highest BCUT2D eigenvalue weighted by atomic mass is 19.1. The van der Waals surface area contributed by atoms with Gasteiger partial charge in [-0.2, -0.15) is 0 Å². The van der Waals surface area contributed by atoms with Crippen molar-refractivity contribution < 1.29 is 23.5 Å². The highest BCUT2D eigenvalue weighted by Gasteiger charge is 2.56. The molecule has 1 unspecified atom stereocenters. The Morgan fingerprint density at radius 2 is 1.97 bits per heavy atom. The highest BCUT2D eigenvalue weighted by Crippen LogP contribution is 2.48. The third-order valence-corrected chi connectivity index (χ3v) is 7.46. The van der Waals surface area contributed by atoms with E-state index in [9.17, 15) is 9.50 Å². The van der Waals surface area contributed by atoms with Gasteiger partial charge in [-0.25, -0.2) is 14.4 Å². The molecule has 1 N–H and O–H groups in total. The average molecular weight is 502 g/mol. The summed E-state index contributed by atoms with van der Waals surface area (Å²) < 4.78 is 27.0. The van der Waals surface area contributed by atoms with Gasteiger partial charge in [0.15, 0.2) is 17.8 Å². The number of fused-ring (bicyclic) bond motifs is 2. The van der Waals surface area contributed by atoms with Gasteiger partial charge in [0.2, 0.25) is 0 Å². The largest absolute Gasteiger partial charge is 0.441 e. The molecule has 3 aliphatic rings.